The first kappa shape index (κ1) is 40.3. The maximum atomic E-state index is 5.44. The zero-order valence-electron chi connectivity index (χ0n) is 37.8. The smallest absolute Gasteiger partial charge is 0.238 e. The molecule has 0 unspecified atom stereocenters. The molecule has 0 aliphatic carbocycles. The van der Waals surface area contributed by atoms with E-state index in [4.69, 9.17) is 15.0 Å². The second-order valence-corrected chi connectivity index (χ2v) is 22.8. The first-order valence-electron chi connectivity index (χ1n) is 23.7. The maximum absolute atomic E-state index is 5.44. The van der Waals surface area contributed by atoms with Crippen molar-refractivity contribution >= 4 is 104 Å². The maximum Gasteiger partial charge on any atom is 0.238 e. The topological polar surface area (TPSA) is 48.5 Å². The van der Waals surface area contributed by atoms with Crippen molar-refractivity contribution in [1.29, 1.82) is 0 Å². The number of fused-ring (bicyclic) bond motifs is 9. The number of benzene rings is 10. The fourth-order valence-corrected chi connectivity index (χ4v) is 16.9. The number of hydrogen-bond acceptors (Lipinski definition) is 4. The van der Waals surface area contributed by atoms with Gasteiger partial charge in [-0.15, -0.1) is 11.3 Å². The van der Waals surface area contributed by atoms with Gasteiger partial charge in [0.15, 0.2) is 19.7 Å². The Labute approximate surface area is 408 Å². The van der Waals surface area contributed by atoms with Crippen molar-refractivity contribution in [2.45, 2.75) is 0 Å². The van der Waals surface area contributed by atoms with Crippen molar-refractivity contribution in [2.24, 2.45) is 0 Å². The molecule has 0 aliphatic heterocycles. The average molecular weight is 928 g/mol. The fourth-order valence-electron chi connectivity index (χ4n) is 11.0. The zero-order chi connectivity index (χ0) is 46.2. The van der Waals surface area contributed by atoms with E-state index in [1.807, 2.05) is 0 Å². The number of nitrogens with zero attached hydrogens (tertiary/aromatic N) is 5. The summed E-state index contributed by atoms with van der Waals surface area (Å²) in [7, 11) is -2.76. The third kappa shape index (κ3) is 6.26. The van der Waals surface area contributed by atoms with E-state index in [1.165, 1.54) is 62.7 Å². The minimum atomic E-state index is -2.76. The predicted octanol–water partition coefficient (Wildman–Crippen LogP) is 13.1. The molecule has 0 bridgehead atoms. The van der Waals surface area contributed by atoms with Crippen molar-refractivity contribution in [1.82, 2.24) is 24.1 Å². The number of para-hydroxylation sites is 3. The minimum absolute atomic E-state index is 0.568. The molecule has 0 N–H and O–H groups in total. The zero-order valence-corrected chi connectivity index (χ0v) is 39.6. The lowest BCUT2D eigenvalue weighted by atomic mass is 10.1. The Morgan fingerprint density at radius 1 is 0.300 bits per heavy atom. The van der Waals surface area contributed by atoms with Gasteiger partial charge in [-0.25, -0.2) is 4.98 Å². The Hall–Kier alpha value is -8.75. The summed E-state index contributed by atoms with van der Waals surface area (Å²) in [6, 6.07) is 90.2. The van der Waals surface area contributed by atoms with Gasteiger partial charge in [0.25, 0.3) is 0 Å². The molecule has 0 amide bonds. The van der Waals surface area contributed by atoms with Crippen molar-refractivity contribution in [3.8, 4) is 34.4 Å². The number of hydrogen-bond donors (Lipinski definition) is 0. The van der Waals surface area contributed by atoms with Gasteiger partial charge in [-0.2, -0.15) is 9.97 Å². The molecule has 4 aromatic heterocycles. The van der Waals surface area contributed by atoms with Gasteiger partial charge in [0.1, 0.15) is 0 Å². The van der Waals surface area contributed by atoms with Crippen LogP contribution >= 0.6 is 11.3 Å². The lowest BCUT2D eigenvalue weighted by Crippen LogP contribution is -2.74. The molecule has 0 spiro atoms. The molecule has 14 rings (SSSR count). The van der Waals surface area contributed by atoms with Crippen LogP contribution in [0, 0.1) is 0 Å². The van der Waals surface area contributed by atoms with Crippen molar-refractivity contribution in [3.63, 3.8) is 0 Å². The molecule has 4 heterocycles. The molecular formula is C63H41N5SSi. The van der Waals surface area contributed by atoms with Crippen LogP contribution in [0.25, 0.3) is 98.2 Å². The monoisotopic (exact) mass is 927 g/mol. The Morgan fingerprint density at radius 2 is 0.743 bits per heavy atom. The molecule has 0 saturated heterocycles. The molecule has 14 aromatic rings. The fraction of sp³-hybridized carbons (Fsp3) is 0. The molecule has 10 aromatic carbocycles. The van der Waals surface area contributed by atoms with Crippen molar-refractivity contribution < 1.29 is 0 Å². The highest BCUT2D eigenvalue weighted by Crippen LogP contribution is 2.39. The van der Waals surface area contributed by atoms with Crippen LogP contribution in [0.2, 0.25) is 0 Å². The highest BCUT2D eigenvalue weighted by atomic mass is 32.1. The summed E-state index contributed by atoms with van der Waals surface area (Å²) < 4.78 is 7.07. The van der Waals surface area contributed by atoms with E-state index in [9.17, 15) is 0 Å². The molecule has 0 radical (unpaired) electrons. The number of rotatable bonds is 8. The Morgan fingerprint density at radius 3 is 1.34 bits per heavy atom. The number of aromatic nitrogens is 5. The van der Waals surface area contributed by atoms with Gasteiger partial charge in [0, 0.05) is 58.5 Å². The van der Waals surface area contributed by atoms with Crippen LogP contribution in [0.3, 0.4) is 0 Å². The van der Waals surface area contributed by atoms with Crippen LogP contribution in [-0.4, -0.2) is 32.2 Å². The average Bonchev–Trinajstić information content (AvgIpc) is 4.09. The summed E-state index contributed by atoms with van der Waals surface area (Å²) in [4.78, 5) is 16.2. The van der Waals surface area contributed by atoms with Crippen LogP contribution < -0.4 is 20.7 Å². The lowest BCUT2D eigenvalue weighted by molar-refractivity contribution is 0.953. The minimum Gasteiger partial charge on any atom is -0.309 e. The normalized spacial score (nSPS) is 12.0. The molecule has 0 aliphatic rings. The van der Waals surface area contributed by atoms with Crippen molar-refractivity contribution in [3.05, 3.63) is 249 Å². The van der Waals surface area contributed by atoms with Crippen LogP contribution in [0.4, 0.5) is 0 Å². The molecular weight excluding hydrogens is 887 g/mol. The quantitative estimate of drug-likeness (QED) is 0.113. The Balaban J connectivity index is 0.981. The van der Waals surface area contributed by atoms with Gasteiger partial charge < -0.3 is 4.57 Å². The Bertz CT molecular complexity index is 4140. The molecule has 7 heteroatoms. The lowest BCUT2D eigenvalue weighted by Gasteiger charge is -2.34. The predicted molar refractivity (Wildman–Crippen MR) is 296 cm³/mol. The van der Waals surface area contributed by atoms with Crippen LogP contribution in [0.5, 0.6) is 0 Å². The van der Waals surface area contributed by atoms with E-state index >= 15 is 0 Å². The highest BCUT2D eigenvalue weighted by Gasteiger charge is 2.41. The van der Waals surface area contributed by atoms with Gasteiger partial charge >= 0.3 is 0 Å². The van der Waals surface area contributed by atoms with Gasteiger partial charge in [-0.05, 0) is 69.3 Å². The van der Waals surface area contributed by atoms with Gasteiger partial charge in [-0.3, -0.25) is 4.57 Å². The molecule has 0 atom stereocenters. The third-order valence-electron chi connectivity index (χ3n) is 14.2. The summed E-state index contributed by atoms with van der Waals surface area (Å²) in [6.45, 7) is 0. The molecule has 0 fully saturated rings. The first-order valence-corrected chi connectivity index (χ1v) is 26.5. The van der Waals surface area contributed by atoms with Gasteiger partial charge in [0.2, 0.25) is 5.95 Å². The van der Waals surface area contributed by atoms with Gasteiger partial charge in [-0.1, -0.05) is 200 Å². The standard InChI is InChI=1S/C63H41N5SSi/c1-4-18-45(19-5-1)70(46-20-6-2-7-21-46,47-22-8-3-9-23-47)48-36-32-42(33-37-48)61-64-62(43-34-38-53-52-27-13-17-31-59(52)69-60(53)40-43)66-63(65-61)68-57-30-16-12-26-51(57)54-41-44(35-39-58(54)68)67-55-28-14-10-24-49(55)50-25-11-15-29-56(50)67/h1-41H. The van der Waals surface area contributed by atoms with Crippen LogP contribution in [0.1, 0.15) is 0 Å². The summed E-state index contributed by atoms with van der Waals surface area (Å²) in [5.74, 6) is 1.80. The SMILES string of the molecule is c1ccc([Si](c2ccccc2)(c2ccccc2)c2ccc(-c3nc(-c4ccc5c(c4)sc4ccccc45)nc(-n4c5ccccc5c5cc(-n6c7ccccc7c7ccccc76)ccc54)n3)cc2)cc1. The van der Waals surface area contributed by atoms with Crippen molar-refractivity contribution in [2.75, 3.05) is 0 Å². The second-order valence-electron chi connectivity index (χ2n) is 17.9. The first-order chi connectivity index (χ1) is 34.7. The molecule has 328 valence electrons. The number of thiophene rings is 1. The van der Waals surface area contributed by atoms with E-state index in [0.717, 1.165) is 38.6 Å². The largest absolute Gasteiger partial charge is 0.309 e. The molecule has 70 heavy (non-hydrogen) atoms. The third-order valence-corrected chi connectivity index (χ3v) is 20.1. The summed E-state index contributed by atoms with van der Waals surface area (Å²) in [5.41, 5.74) is 7.37. The molecule has 0 saturated carbocycles. The van der Waals surface area contributed by atoms with E-state index in [1.54, 1.807) is 11.3 Å². The van der Waals surface area contributed by atoms with E-state index in [0.29, 0.717) is 17.6 Å². The van der Waals surface area contributed by atoms with Crippen LogP contribution in [-0.2, 0) is 0 Å². The summed E-state index contributed by atoms with van der Waals surface area (Å²) in [6.07, 6.45) is 0. The highest BCUT2D eigenvalue weighted by molar-refractivity contribution is 7.25. The van der Waals surface area contributed by atoms with E-state index in [2.05, 4.69) is 258 Å². The Kier molecular flexibility index (Phi) is 9.33. The summed E-state index contributed by atoms with van der Waals surface area (Å²) in [5, 5.41) is 12.5. The van der Waals surface area contributed by atoms with Gasteiger partial charge in [0.05, 0.1) is 22.1 Å². The van der Waals surface area contributed by atoms with E-state index in [-0.39, 0.29) is 0 Å². The van der Waals surface area contributed by atoms with Crippen LogP contribution in [0.15, 0.2) is 249 Å². The van der Waals surface area contributed by atoms with E-state index < -0.39 is 8.07 Å². The summed E-state index contributed by atoms with van der Waals surface area (Å²) >= 11 is 1.80. The molecule has 5 nitrogen and oxygen atoms in total. The second kappa shape index (κ2) is 16.2.